The van der Waals surface area contributed by atoms with E-state index in [1.807, 2.05) is 48.5 Å². The number of hydrogen-bond donors (Lipinski definition) is 1. The van der Waals surface area contributed by atoms with Gasteiger partial charge in [-0.2, -0.15) is 0 Å². The second-order valence-electron chi connectivity index (χ2n) is 7.78. The second kappa shape index (κ2) is 10.3. The van der Waals surface area contributed by atoms with E-state index in [0.29, 0.717) is 55.1 Å². The Hall–Kier alpha value is -2.60. The van der Waals surface area contributed by atoms with Gasteiger partial charge in [0, 0.05) is 42.1 Å². The quantitative estimate of drug-likeness (QED) is 0.506. The van der Waals surface area contributed by atoms with Gasteiger partial charge in [-0.3, -0.25) is 4.79 Å². The number of carbonyl (C=O) groups is 1. The molecule has 7 heteroatoms. The zero-order chi connectivity index (χ0) is 22.4. The van der Waals surface area contributed by atoms with Crippen molar-refractivity contribution in [3.63, 3.8) is 0 Å². The van der Waals surface area contributed by atoms with Gasteiger partial charge >= 0.3 is 0 Å². The van der Waals surface area contributed by atoms with Crippen LogP contribution in [0.4, 0.5) is 0 Å². The molecule has 0 spiro atoms. The summed E-state index contributed by atoms with van der Waals surface area (Å²) in [4.78, 5) is 17.7. The van der Waals surface area contributed by atoms with Gasteiger partial charge in [-0.1, -0.05) is 59.6 Å². The van der Waals surface area contributed by atoms with E-state index in [1.54, 1.807) is 18.3 Å². The first-order chi connectivity index (χ1) is 15.6. The van der Waals surface area contributed by atoms with Crippen LogP contribution < -0.4 is 10.1 Å². The molecular formula is C25H24Cl2N2O3. The zero-order valence-electron chi connectivity index (χ0n) is 17.5. The van der Waals surface area contributed by atoms with Crippen molar-refractivity contribution >= 4 is 29.1 Å². The molecule has 5 nitrogen and oxygen atoms in total. The lowest BCUT2D eigenvalue weighted by Crippen LogP contribution is -2.48. The number of carbonyl (C=O) groups excluding carboxylic acids is 1. The minimum atomic E-state index is -0.750. The van der Waals surface area contributed by atoms with Crippen LogP contribution >= 0.6 is 23.2 Å². The molecule has 2 aromatic carbocycles. The molecule has 0 unspecified atom stereocenters. The van der Waals surface area contributed by atoms with Crippen LogP contribution in [-0.4, -0.2) is 24.1 Å². The molecule has 1 aliphatic rings. The van der Waals surface area contributed by atoms with Crippen LogP contribution in [0.2, 0.25) is 10.0 Å². The third-order valence-corrected chi connectivity index (χ3v) is 6.26. The molecule has 0 aliphatic carbocycles. The molecule has 1 aliphatic heterocycles. The first-order valence-electron chi connectivity index (χ1n) is 10.5. The molecule has 0 saturated carbocycles. The maximum atomic E-state index is 13.4. The fourth-order valence-corrected chi connectivity index (χ4v) is 4.53. The summed E-state index contributed by atoms with van der Waals surface area (Å²) in [6.07, 6.45) is 2.80. The van der Waals surface area contributed by atoms with Gasteiger partial charge in [-0.15, -0.1) is 0 Å². The molecule has 2 heterocycles. The van der Waals surface area contributed by atoms with E-state index < -0.39 is 5.41 Å². The lowest BCUT2D eigenvalue weighted by Gasteiger charge is -2.37. The van der Waals surface area contributed by atoms with Gasteiger partial charge in [0.05, 0.1) is 5.41 Å². The number of aromatic nitrogens is 1. The predicted molar refractivity (Wildman–Crippen MR) is 125 cm³/mol. The van der Waals surface area contributed by atoms with Crippen LogP contribution in [0, 0.1) is 0 Å². The van der Waals surface area contributed by atoms with Gasteiger partial charge < -0.3 is 14.8 Å². The molecular weight excluding hydrogens is 447 g/mol. The summed E-state index contributed by atoms with van der Waals surface area (Å²) in [5.41, 5.74) is 2.00. The first-order valence-corrected chi connectivity index (χ1v) is 11.3. The van der Waals surface area contributed by atoms with Crippen molar-refractivity contribution in [3.8, 4) is 5.88 Å². The molecule has 0 atom stereocenters. The van der Waals surface area contributed by atoms with Crippen LogP contribution in [0.3, 0.4) is 0 Å². The summed E-state index contributed by atoms with van der Waals surface area (Å²) in [6, 6.07) is 18.9. The van der Waals surface area contributed by atoms with Crippen LogP contribution in [0.25, 0.3) is 0 Å². The molecule has 1 aromatic heterocycles. The van der Waals surface area contributed by atoms with Crippen LogP contribution in [0.15, 0.2) is 66.9 Å². The maximum absolute atomic E-state index is 13.4. The number of nitrogens with zero attached hydrogens (tertiary/aromatic N) is 1. The van der Waals surface area contributed by atoms with Gasteiger partial charge in [0.15, 0.2) is 0 Å². The highest BCUT2D eigenvalue weighted by Crippen LogP contribution is 2.40. The average Bonchev–Trinajstić information content (AvgIpc) is 2.82. The molecule has 1 amide bonds. The van der Waals surface area contributed by atoms with E-state index in [-0.39, 0.29) is 5.91 Å². The van der Waals surface area contributed by atoms with Crippen molar-refractivity contribution in [2.24, 2.45) is 0 Å². The largest absolute Gasteiger partial charge is 0.473 e. The predicted octanol–water partition coefficient (Wildman–Crippen LogP) is 5.33. The van der Waals surface area contributed by atoms with Crippen LogP contribution in [0.1, 0.15) is 29.5 Å². The van der Waals surface area contributed by atoms with E-state index in [0.717, 1.165) is 16.7 Å². The van der Waals surface area contributed by atoms with Crippen molar-refractivity contribution in [2.45, 2.75) is 31.4 Å². The summed E-state index contributed by atoms with van der Waals surface area (Å²) < 4.78 is 11.3. The first kappa shape index (κ1) is 22.6. The number of benzene rings is 2. The van der Waals surface area contributed by atoms with Crippen LogP contribution in [0.5, 0.6) is 5.88 Å². The lowest BCUT2D eigenvalue weighted by atomic mass is 9.73. The van der Waals surface area contributed by atoms with E-state index >= 15 is 0 Å². The Morgan fingerprint density at radius 1 is 1.03 bits per heavy atom. The fraction of sp³-hybridized carbons (Fsp3) is 0.280. The Kier molecular flexibility index (Phi) is 7.30. The van der Waals surface area contributed by atoms with Crippen molar-refractivity contribution < 1.29 is 14.3 Å². The summed E-state index contributed by atoms with van der Waals surface area (Å²) in [7, 11) is 0. The van der Waals surface area contributed by atoms with E-state index in [2.05, 4.69) is 10.3 Å². The molecule has 32 heavy (non-hydrogen) atoms. The van der Waals surface area contributed by atoms with Crippen molar-refractivity contribution in [1.82, 2.24) is 10.3 Å². The summed E-state index contributed by atoms with van der Waals surface area (Å²) in [5, 5.41) is 4.12. The summed E-state index contributed by atoms with van der Waals surface area (Å²) in [6.45, 7) is 1.79. The average molecular weight is 471 g/mol. The van der Waals surface area contributed by atoms with Gasteiger partial charge in [0.2, 0.25) is 11.8 Å². The minimum Gasteiger partial charge on any atom is -0.473 e. The lowest BCUT2D eigenvalue weighted by molar-refractivity contribution is -0.130. The van der Waals surface area contributed by atoms with Gasteiger partial charge in [-0.05, 0) is 47.7 Å². The van der Waals surface area contributed by atoms with Gasteiger partial charge in [0.1, 0.15) is 6.61 Å². The van der Waals surface area contributed by atoms with Crippen molar-refractivity contribution in [3.05, 3.63) is 93.6 Å². The highest BCUT2D eigenvalue weighted by molar-refractivity contribution is 6.35. The Morgan fingerprint density at radius 2 is 1.81 bits per heavy atom. The fourth-order valence-electron chi connectivity index (χ4n) is 3.94. The number of nitrogens with one attached hydrogen (secondary N) is 1. The molecule has 1 saturated heterocycles. The monoisotopic (exact) mass is 470 g/mol. The number of pyridine rings is 1. The Balaban J connectivity index is 1.45. The molecule has 1 N–H and O–H groups in total. The maximum Gasteiger partial charge on any atom is 0.231 e. The SMILES string of the molecule is O=C(NCc1ccnc(OCc2ccccc2)c1)C1(c2ccc(Cl)cc2Cl)CCOCC1. The third-order valence-electron chi connectivity index (χ3n) is 5.71. The number of halogens is 2. The molecule has 166 valence electrons. The van der Waals surface area contributed by atoms with Crippen molar-refractivity contribution in [2.75, 3.05) is 13.2 Å². The van der Waals surface area contributed by atoms with E-state index in [1.165, 1.54) is 0 Å². The van der Waals surface area contributed by atoms with Crippen molar-refractivity contribution in [1.29, 1.82) is 0 Å². The highest BCUT2D eigenvalue weighted by Gasteiger charge is 2.42. The Labute approximate surface area is 197 Å². The Bertz CT molecular complexity index is 1070. The van der Waals surface area contributed by atoms with E-state index in [4.69, 9.17) is 32.7 Å². The minimum absolute atomic E-state index is 0.0754. The Morgan fingerprint density at radius 3 is 2.56 bits per heavy atom. The smallest absolute Gasteiger partial charge is 0.231 e. The topological polar surface area (TPSA) is 60.5 Å². The molecule has 0 radical (unpaired) electrons. The second-order valence-corrected chi connectivity index (χ2v) is 8.62. The number of ether oxygens (including phenoxy) is 2. The molecule has 4 rings (SSSR count). The number of hydrogen-bond acceptors (Lipinski definition) is 4. The number of rotatable bonds is 7. The molecule has 3 aromatic rings. The zero-order valence-corrected chi connectivity index (χ0v) is 19.0. The summed E-state index contributed by atoms with van der Waals surface area (Å²) in [5.74, 6) is 0.440. The molecule has 0 bridgehead atoms. The number of amides is 1. The molecule has 1 fully saturated rings. The summed E-state index contributed by atoms with van der Waals surface area (Å²) >= 11 is 12.6. The highest BCUT2D eigenvalue weighted by atomic mass is 35.5. The van der Waals surface area contributed by atoms with Gasteiger partial charge in [0.25, 0.3) is 0 Å². The normalized spacial score (nSPS) is 15.2. The third kappa shape index (κ3) is 5.23. The van der Waals surface area contributed by atoms with E-state index in [9.17, 15) is 4.79 Å². The van der Waals surface area contributed by atoms with Crippen LogP contribution in [-0.2, 0) is 28.1 Å². The standard InChI is InChI=1S/C25H24Cl2N2O3/c26-20-6-7-21(22(27)15-20)25(9-12-31-13-10-25)24(30)29-16-19-8-11-28-23(14-19)32-17-18-4-2-1-3-5-18/h1-8,11,14-15H,9-10,12-13,16-17H2,(H,29,30). The van der Waals surface area contributed by atoms with Gasteiger partial charge in [-0.25, -0.2) is 4.98 Å².